The van der Waals surface area contributed by atoms with Crippen LogP contribution in [0.2, 0.25) is 0 Å². The number of methoxy groups -OCH3 is 1. The van der Waals surface area contributed by atoms with E-state index in [9.17, 15) is 4.79 Å². The number of aryl methyl sites for hydroxylation is 1. The van der Waals surface area contributed by atoms with Gasteiger partial charge in [0.15, 0.2) is 0 Å². The first-order valence-corrected chi connectivity index (χ1v) is 4.18. The maximum atomic E-state index is 11.6. The number of hydrogen-bond acceptors (Lipinski definition) is 3. The van der Waals surface area contributed by atoms with E-state index in [4.69, 9.17) is 4.74 Å². The van der Waals surface area contributed by atoms with Gasteiger partial charge in [-0.15, -0.1) is 0 Å². The van der Waals surface area contributed by atoms with Gasteiger partial charge in [0.05, 0.1) is 18.9 Å². The van der Waals surface area contributed by atoms with Crippen LogP contribution in [0.5, 0.6) is 5.75 Å². The van der Waals surface area contributed by atoms with Crippen LogP contribution in [0.3, 0.4) is 0 Å². The molecule has 0 saturated heterocycles. The minimum atomic E-state index is -0.0886. The molecule has 13 heavy (non-hydrogen) atoms. The van der Waals surface area contributed by atoms with Crippen LogP contribution in [0.4, 0.5) is 0 Å². The van der Waals surface area contributed by atoms with Crippen LogP contribution < -0.4 is 10.3 Å². The van der Waals surface area contributed by atoms with Crippen molar-refractivity contribution in [1.29, 1.82) is 0 Å². The van der Waals surface area contributed by atoms with Crippen molar-refractivity contribution in [1.82, 2.24) is 9.78 Å². The second-order valence-corrected chi connectivity index (χ2v) is 3.21. The van der Waals surface area contributed by atoms with E-state index in [1.807, 2.05) is 13.8 Å². The van der Waals surface area contributed by atoms with Gasteiger partial charge in [0.25, 0.3) is 5.56 Å². The summed E-state index contributed by atoms with van der Waals surface area (Å²) >= 11 is 0. The third kappa shape index (κ3) is 1.71. The molecule has 72 valence electrons. The van der Waals surface area contributed by atoms with E-state index >= 15 is 0 Å². The number of rotatable bonds is 2. The van der Waals surface area contributed by atoms with Crippen LogP contribution in [0, 0.1) is 0 Å². The average Bonchev–Trinajstić information content (AvgIpc) is 2.08. The van der Waals surface area contributed by atoms with Crippen molar-refractivity contribution in [2.24, 2.45) is 7.05 Å². The van der Waals surface area contributed by atoms with Gasteiger partial charge in [-0.3, -0.25) is 4.79 Å². The SMILES string of the molecule is COc1cnn(C)c(=O)c1C(C)C. The maximum Gasteiger partial charge on any atom is 0.273 e. The van der Waals surface area contributed by atoms with Gasteiger partial charge in [0.1, 0.15) is 5.75 Å². The first kappa shape index (κ1) is 9.77. The monoisotopic (exact) mass is 182 g/mol. The third-order valence-electron chi connectivity index (χ3n) is 1.94. The fraction of sp³-hybridized carbons (Fsp3) is 0.556. The van der Waals surface area contributed by atoms with Crippen molar-refractivity contribution in [3.05, 3.63) is 22.1 Å². The molecule has 0 aliphatic heterocycles. The molecule has 0 spiro atoms. The van der Waals surface area contributed by atoms with Gasteiger partial charge < -0.3 is 4.74 Å². The Kier molecular flexibility index (Phi) is 2.70. The molecule has 1 aromatic rings. The van der Waals surface area contributed by atoms with Crippen LogP contribution in [-0.2, 0) is 7.05 Å². The molecule has 0 amide bonds. The summed E-state index contributed by atoms with van der Waals surface area (Å²) < 4.78 is 6.38. The zero-order valence-electron chi connectivity index (χ0n) is 8.37. The van der Waals surface area contributed by atoms with Crippen molar-refractivity contribution < 1.29 is 4.74 Å². The van der Waals surface area contributed by atoms with Gasteiger partial charge in [-0.05, 0) is 5.92 Å². The topological polar surface area (TPSA) is 44.1 Å². The van der Waals surface area contributed by atoms with E-state index in [1.165, 1.54) is 4.68 Å². The van der Waals surface area contributed by atoms with Gasteiger partial charge in [-0.1, -0.05) is 13.8 Å². The molecular weight excluding hydrogens is 168 g/mol. The van der Waals surface area contributed by atoms with Crippen molar-refractivity contribution in [2.75, 3.05) is 7.11 Å². The quantitative estimate of drug-likeness (QED) is 0.683. The molecule has 1 aromatic heterocycles. The van der Waals surface area contributed by atoms with Crippen molar-refractivity contribution in [3.63, 3.8) is 0 Å². The summed E-state index contributed by atoms with van der Waals surface area (Å²) in [7, 11) is 3.18. The molecule has 0 saturated carbocycles. The molecule has 0 aliphatic rings. The lowest BCUT2D eigenvalue weighted by atomic mass is 10.1. The summed E-state index contributed by atoms with van der Waals surface area (Å²) in [5.74, 6) is 0.717. The lowest BCUT2D eigenvalue weighted by molar-refractivity contribution is 0.399. The van der Waals surface area contributed by atoms with Crippen LogP contribution in [-0.4, -0.2) is 16.9 Å². The molecule has 0 N–H and O–H groups in total. The first-order chi connectivity index (χ1) is 6.07. The highest BCUT2D eigenvalue weighted by molar-refractivity contribution is 5.30. The molecule has 0 fully saturated rings. The van der Waals surface area contributed by atoms with Crippen molar-refractivity contribution in [2.45, 2.75) is 19.8 Å². The molecular formula is C9H14N2O2. The summed E-state index contributed by atoms with van der Waals surface area (Å²) in [4.78, 5) is 11.6. The Morgan fingerprint density at radius 1 is 1.54 bits per heavy atom. The van der Waals surface area contributed by atoms with E-state index in [-0.39, 0.29) is 11.5 Å². The molecule has 0 unspecified atom stereocenters. The van der Waals surface area contributed by atoms with E-state index in [0.29, 0.717) is 11.3 Å². The van der Waals surface area contributed by atoms with Crippen LogP contribution >= 0.6 is 0 Å². The zero-order valence-corrected chi connectivity index (χ0v) is 8.37. The summed E-state index contributed by atoms with van der Waals surface area (Å²) in [5.41, 5.74) is 0.592. The normalized spacial score (nSPS) is 10.5. The number of aromatic nitrogens is 2. The molecule has 4 nitrogen and oxygen atoms in total. The summed E-state index contributed by atoms with van der Waals surface area (Å²) in [6.45, 7) is 3.92. The first-order valence-electron chi connectivity index (χ1n) is 4.18. The van der Waals surface area contributed by atoms with Crippen LogP contribution in [0.25, 0.3) is 0 Å². The Balaban J connectivity index is 3.42. The second kappa shape index (κ2) is 3.60. The number of nitrogens with zero attached hydrogens (tertiary/aromatic N) is 2. The highest BCUT2D eigenvalue weighted by atomic mass is 16.5. The van der Waals surface area contributed by atoms with Crippen LogP contribution in [0.15, 0.2) is 11.0 Å². The highest BCUT2D eigenvalue weighted by Crippen LogP contribution is 2.20. The molecule has 0 aliphatic carbocycles. The van der Waals surface area contributed by atoms with E-state index in [0.717, 1.165) is 0 Å². The standard InChI is InChI=1S/C9H14N2O2/c1-6(2)8-7(13-4)5-10-11(3)9(8)12/h5-6H,1-4H3. The van der Waals surface area contributed by atoms with Gasteiger partial charge in [-0.25, -0.2) is 4.68 Å². The minimum absolute atomic E-state index is 0.0886. The lowest BCUT2D eigenvalue weighted by Crippen LogP contribution is -2.24. The fourth-order valence-corrected chi connectivity index (χ4v) is 1.23. The highest BCUT2D eigenvalue weighted by Gasteiger charge is 2.13. The van der Waals surface area contributed by atoms with Gasteiger partial charge >= 0.3 is 0 Å². The minimum Gasteiger partial charge on any atom is -0.495 e. The second-order valence-electron chi connectivity index (χ2n) is 3.21. The zero-order chi connectivity index (χ0) is 10.0. The summed E-state index contributed by atoms with van der Waals surface area (Å²) in [6, 6.07) is 0. The Bertz CT molecular complexity index is 355. The van der Waals surface area contributed by atoms with Crippen LogP contribution in [0.1, 0.15) is 25.3 Å². The Hall–Kier alpha value is -1.32. The molecule has 0 atom stereocenters. The van der Waals surface area contributed by atoms with E-state index in [1.54, 1.807) is 20.4 Å². The third-order valence-corrected chi connectivity index (χ3v) is 1.94. The molecule has 0 radical (unpaired) electrons. The van der Waals surface area contributed by atoms with Gasteiger partial charge in [0.2, 0.25) is 0 Å². The van der Waals surface area contributed by atoms with E-state index < -0.39 is 0 Å². The molecule has 0 bridgehead atoms. The van der Waals surface area contributed by atoms with Crippen molar-refractivity contribution >= 4 is 0 Å². The summed E-state index contributed by atoms with van der Waals surface area (Å²) in [5, 5.41) is 3.87. The molecule has 0 aromatic carbocycles. The Labute approximate surface area is 77.1 Å². The Morgan fingerprint density at radius 2 is 2.15 bits per heavy atom. The Morgan fingerprint density at radius 3 is 2.62 bits per heavy atom. The lowest BCUT2D eigenvalue weighted by Gasteiger charge is -2.10. The largest absolute Gasteiger partial charge is 0.495 e. The molecule has 1 heterocycles. The van der Waals surface area contributed by atoms with Gasteiger partial charge in [-0.2, -0.15) is 5.10 Å². The predicted octanol–water partition coefficient (Wildman–Crippen LogP) is 0.912. The van der Waals surface area contributed by atoms with E-state index in [2.05, 4.69) is 5.10 Å². The van der Waals surface area contributed by atoms with Crippen molar-refractivity contribution in [3.8, 4) is 5.75 Å². The molecule has 1 rings (SSSR count). The maximum absolute atomic E-state index is 11.6. The number of ether oxygens (including phenoxy) is 1. The average molecular weight is 182 g/mol. The molecule has 4 heteroatoms. The predicted molar refractivity (Wildman–Crippen MR) is 50.1 cm³/mol. The smallest absolute Gasteiger partial charge is 0.273 e. The number of hydrogen-bond donors (Lipinski definition) is 0. The fourth-order valence-electron chi connectivity index (χ4n) is 1.23. The summed E-state index contributed by atoms with van der Waals surface area (Å²) in [6.07, 6.45) is 1.57. The van der Waals surface area contributed by atoms with Gasteiger partial charge in [0, 0.05) is 7.05 Å².